The molecule has 0 spiro atoms. The molecular formula is C21H24N3O3S+. The van der Waals surface area contributed by atoms with Gasteiger partial charge in [0.05, 0.1) is 31.0 Å². The van der Waals surface area contributed by atoms with Crippen LogP contribution < -0.4 is 19.7 Å². The minimum absolute atomic E-state index is 0.00442. The molecule has 4 rings (SSSR count). The average molecular weight is 399 g/mol. The Balaban J connectivity index is 1.45. The van der Waals surface area contributed by atoms with Crippen LogP contribution in [-0.2, 0) is 4.79 Å². The van der Waals surface area contributed by atoms with E-state index in [4.69, 9.17) is 14.5 Å². The van der Waals surface area contributed by atoms with Gasteiger partial charge in [-0.25, -0.2) is 4.98 Å². The van der Waals surface area contributed by atoms with E-state index in [1.54, 1.807) is 37.7 Å². The summed E-state index contributed by atoms with van der Waals surface area (Å²) in [6.45, 7) is 1.41. The fraction of sp³-hybridized carbons (Fsp3) is 0.333. The maximum absolute atomic E-state index is 12.7. The molecule has 146 valence electrons. The zero-order chi connectivity index (χ0) is 19.5. The van der Waals surface area contributed by atoms with Gasteiger partial charge in [-0.15, -0.1) is 11.3 Å². The molecule has 1 aromatic heterocycles. The van der Waals surface area contributed by atoms with Crippen LogP contribution in [0.2, 0.25) is 0 Å². The summed E-state index contributed by atoms with van der Waals surface area (Å²) in [7, 11) is 3.18. The SMILES string of the molecule is COc1ccc(NC(=O)C[NH+]2CCC[C@H]2c2nc3ccccc3s2)cc1OC. The normalized spacial score (nSPS) is 18.9. The first kappa shape index (κ1) is 18.7. The molecule has 3 aromatic rings. The number of benzene rings is 2. The first-order chi connectivity index (χ1) is 13.7. The van der Waals surface area contributed by atoms with Gasteiger partial charge < -0.3 is 19.7 Å². The third-order valence-electron chi connectivity index (χ3n) is 5.15. The Bertz CT molecular complexity index is 955. The van der Waals surface area contributed by atoms with E-state index in [0.717, 1.165) is 29.9 Å². The number of likely N-dealkylation sites (tertiary alicyclic amines) is 1. The van der Waals surface area contributed by atoms with Gasteiger partial charge >= 0.3 is 0 Å². The van der Waals surface area contributed by atoms with Gasteiger partial charge in [0, 0.05) is 24.6 Å². The minimum Gasteiger partial charge on any atom is -0.493 e. The standard InChI is InChI=1S/C21H23N3O3S/c1-26-17-10-9-14(12-18(17)27-2)22-20(25)13-24-11-5-7-16(24)21-23-15-6-3-4-8-19(15)28-21/h3-4,6,8-10,12,16H,5,7,11,13H2,1-2H3,(H,22,25)/p+1/t16-/m0/s1. The van der Waals surface area contributed by atoms with Crippen molar-refractivity contribution in [2.24, 2.45) is 0 Å². The van der Waals surface area contributed by atoms with Crippen LogP contribution in [0.1, 0.15) is 23.9 Å². The lowest BCUT2D eigenvalue weighted by Gasteiger charge is -2.19. The molecule has 6 nitrogen and oxygen atoms in total. The number of quaternary nitrogens is 1. The van der Waals surface area contributed by atoms with Crippen molar-refractivity contribution in [3.8, 4) is 11.5 Å². The molecule has 1 aliphatic rings. The summed E-state index contributed by atoms with van der Waals surface area (Å²) in [5, 5.41) is 4.11. The van der Waals surface area contributed by atoms with Crippen molar-refractivity contribution in [1.29, 1.82) is 0 Å². The number of para-hydroxylation sites is 1. The second-order valence-electron chi connectivity index (χ2n) is 6.92. The summed E-state index contributed by atoms with van der Waals surface area (Å²) in [4.78, 5) is 18.7. The van der Waals surface area contributed by atoms with Gasteiger partial charge in [0.25, 0.3) is 5.91 Å². The molecule has 7 heteroatoms. The molecule has 2 N–H and O–H groups in total. The number of hydrogen-bond acceptors (Lipinski definition) is 5. The van der Waals surface area contributed by atoms with Crippen molar-refractivity contribution in [2.75, 3.05) is 32.6 Å². The quantitative estimate of drug-likeness (QED) is 0.670. The van der Waals surface area contributed by atoms with Crippen LogP contribution in [0.15, 0.2) is 42.5 Å². The lowest BCUT2D eigenvalue weighted by atomic mass is 10.2. The van der Waals surface area contributed by atoms with Crippen molar-refractivity contribution in [1.82, 2.24) is 4.98 Å². The summed E-state index contributed by atoms with van der Waals surface area (Å²) >= 11 is 1.74. The molecule has 1 fully saturated rings. The highest BCUT2D eigenvalue weighted by Gasteiger charge is 2.34. The van der Waals surface area contributed by atoms with E-state index in [1.165, 1.54) is 9.60 Å². The molecule has 0 bridgehead atoms. The number of rotatable bonds is 6. The molecule has 2 aromatic carbocycles. The molecule has 0 aliphatic carbocycles. The summed E-state index contributed by atoms with van der Waals surface area (Å²) in [5.74, 6) is 1.23. The highest BCUT2D eigenvalue weighted by molar-refractivity contribution is 7.18. The Morgan fingerprint density at radius 1 is 1.21 bits per heavy atom. The third-order valence-corrected chi connectivity index (χ3v) is 6.30. The van der Waals surface area contributed by atoms with Crippen molar-refractivity contribution < 1.29 is 19.2 Å². The molecule has 1 amide bonds. The molecule has 28 heavy (non-hydrogen) atoms. The van der Waals surface area contributed by atoms with Gasteiger partial charge in [0.15, 0.2) is 23.1 Å². The second kappa shape index (κ2) is 8.16. The van der Waals surface area contributed by atoms with Gasteiger partial charge in [-0.1, -0.05) is 12.1 Å². The van der Waals surface area contributed by atoms with Crippen molar-refractivity contribution in [3.05, 3.63) is 47.5 Å². The van der Waals surface area contributed by atoms with Crippen LogP contribution in [-0.4, -0.2) is 38.2 Å². The first-order valence-corrected chi connectivity index (χ1v) is 10.2. The van der Waals surface area contributed by atoms with E-state index in [-0.39, 0.29) is 11.9 Å². The van der Waals surface area contributed by atoms with E-state index < -0.39 is 0 Å². The molecule has 0 saturated carbocycles. The van der Waals surface area contributed by atoms with Gasteiger partial charge in [0.1, 0.15) is 6.04 Å². The molecule has 1 saturated heterocycles. The highest BCUT2D eigenvalue weighted by atomic mass is 32.1. The fourth-order valence-electron chi connectivity index (χ4n) is 3.79. The Labute approximate surface area is 168 Å². The number of amides is 1. The summed E-state index contributed by atoms with van der Waals surface area (Å²) < 4.78 is 11.8. The Morgan fingerprint density at radius 3 is 2.82 bits per heavy atom. The number of carbonyl (C=O) groups is 1. The van der Waals surface area contributed by atoms with Gasteiger partial charge in [-0.05, 0) is 24.3 Å². The fourth-order valence-corrected chi connectivity index (χ4v) is 4.95. The largest absolute Gasteiger partial charge is 0.493 e. The van der Waals surface area contributed by atoms with Crippen LogP contribution in [0.5, 0.6) is 11.5 Å². The predicted molar refractivity (Wildman–Crippen MR) is 110 cm³/mol. The highest BCUT2D eigenvalue weighted by Crippen LogP contribution is 2.30. The van der Waals surface area contributed by atoms with Gasteiger partial charge in [0.2, 0.25) is 0 Å². The molecule has 0 radical (unpaired) electrons. The van der Waals surface area contributed by atoms with E-state index in [0.29, 0.717) is 23.7 Å². The number of nitrogens with one attached hydrogen (secondary N) is 2. The second-order valence-corrected chi connectivity index (χ2v) is 7.98. The van der Waals surface area contributed by atoms with Crippen LogP contribution in [0.4, 0.5) is 5.69 Å². The van der Waals surface area contributed by atoms with E-state index >= 15 is 0 Å². The molecule has 2 atom stereocenters. The number of aromatic nitrogens is 1. The maximum Gasteiger partial charge on any atom is 0.279 e. The number of hydrogen-bond donors (Lipinski definition) is 2. The van der Waals surface area contributed by atoms with Crippen molar-refractivity contribution >= 4 is 33.1 Å². The smallest absolute Gasteiger partial charge is 0.279 e. The van der Waals surface area contributed by atoms with Crippen LogP contribution in [0.3, 0.4) is 0 Å². The molecule has 2 heterocycles. The average Bonchev–Trinajstić information content (AvgIpc) is 3.33. The van der Waals surface area contributed by atoms with Crippen molar-refractivity contribution in [3.63, 3.8) is 0 Å². The van der Waals surface area contributed by atoms with E-state index in [9.17, 15) is 4.79 Å². The molecule has 1 aliphatic heterocycles. The number of anilines is 1. The lowest BCUT2D eigenvalue weighted by molar-refractivity contribution is -0.910. The maximum atomic E-state index is 12.7. The van der Waals surface area contributed by atoms with E-state index in [1.807, 2.05) is 24.3 Å². The molecule has 1 unspecified atom stereocenters. The van der Waals surface area contributed by atoms with Crippen molar-refractivity contribution in [2.45, 2.75) is 18.9 Å². The summed E-state index contributed by atoms with van der Waals surface area (Å²) in [5.41, 5.74) is 1.75. The van der Waals surface area contributed by atoms with E-state index in [2.05, 4.69) is 11.4 Å². The van der Waals surface area contributed by atoms with Crippen LogP contribution in [0.25, 0.3) is 10.2 Å². The lowest BCUT2D eigenvalue weighted by Crippen LogP contribution is -3.11. The Morgan fingerprint density at radius 2 is 2.04 bits per heavy atom. The number of nitrogens with zero attached hydrogens (tertiary/aromatic N) is 1. The number of ether oxygens (including phenoxy) is 2. The predicted octanol–water partition coefficient (Wildman–Crippen LogP) is 2.67. The summed E-state index contributed by atoms with van der Waals surface area (Å²) in [6, 6.07) is 13.9. The Hall–Kier alpha value is -2.64. The first-order valence-electron chi connectivity index (χ1n) is 9.40. The zero-order valence-corrected chi connectivity index (χ0v) is 16.8. The zero-order valence-electron chi connectivity index (χ0n) is 16.0. The Kier molecular flexibility index (Phi) is 5.45. The van der Waals surface area contributed by atoms with Crippen LogP contribution in [0, 0.1) is 0 Å². The van der Waals surface area contributed by atoms with Crippen LogP contribution >= 0.6 is 11.3 Å². The monoisotopic (exact) mass is 398 g/mol. The number of thiazole rings is 1. The van der Waals surface area contributed by atoms with Gasteiger partial charge in [-0.2, -0.15) is 0 Å². The number of methoxy groups -OCH3 is 2. The summed E-state index contributed by atoms with van der Waals surface area (Å²) in [6.07, 6.45) is 2.18. The third kappa shape index (κ3) is 3.81. The minimum atomic E-state index is -0.00442. The molecular weight excluding hydrogens is 374 g/mol. The topological polar surface area (TPSA) is 64.9 Å². The number of carbonyl (C=O) groups excluding carboxylic acids is 1. The van der Waals surface area contributed by atoms with Gasteiger partial charge in [-0.3, -0.25) is 4.79 Å². The number of fused-ring (bicyclic) bond motifs is 1.